The lowest BCUT2D eigenvalue weighted by molar-refractivity contribution is 0.0601. The number of esters is 1. The minimum absolute atomic E-state index is 0.128. The average Bonchev–Trinajstić information content (AvgIpc) is 2.47. The third-order valence-electron chi connectivity index (χ3n) is 3.76. The number of methoxy groups -OCH3 is 1. The van der Waals surface area contributed by atoms with Crippen molar-refractivity contribution in [1.82, 2.24) is 5.32 Å². The molecule has 4 nitrogen and oxygen atoms in total. The SMILES string of the molecule is COC(=O)c1ccc2c(c1)N(C)C1(C)NC=C21. The van der Waals surface area contributed by atoms with Gasteiger partial charge in [-0.15, -0.1) is 0 Å². The van der Waals surface area contributed by atoms with Gasteiger partial charge in [-0.3, -0.25) is 0 Å². The Hall–Kier alpha value is -1.97. The summed E-state index contributed by atoms with van der Waals surface area (Å²) in [6, 6.07) is 5.67. The molecule has 0 radical (unpaired) electrons. The highest BCUT2D eigenvalue weighted by Crippen LogP contribution is 2.48. The zero-order valence-corrected chi connectivity index (χ0v) is 10.1. The molecule has 4 heteroatoms. The molecule has 88 valence electrons. The Morgan fingerprint density at radius 2 is 2.24 bits per heavy atom. The Labute approximate surface area is 99.9 Å². The van der Waals surface area contributed by atoms with E-state index in [2.05, 4.69) is 17.1 Å². The molecule has 0 aromatic heterocycles. The lowest BCUT2D eigenvalue weighted by Crippen LogP contribution is -2.56. The van der Waals surface area contributed by atoms with Crippen molar-refractivity contribution in [3.05, 3.63) is 35.5 Å². The van der Waals surface area contributed by atoms with Crippen molar-refractivity contribution in [2.24, 2.45) is 0 Å². The fourth-order valence-electron chi connectivity index (χ4n) is 2.49. The van der Waals surface area contributed by atoms with E-state index in [1.165, 1.54) is 18.2 Å². The van der Waals surface area contributed by atoms with E-state index in [0.29, 0.717) is 5.56 Å². The van der Waals surface area contributed by atoms with E-state index < -0.39 is 0 Å². The molecular weight excluding hydrogens is 216 g/mol. The van der Waals surface area contributed by atoms with E-state index >= 15 is 0 Å². The zero-order chi connectivity index (χ0) is 12.2. The van der Waals surface area contributed by atoms with E-state index in [0.717, 1.165) is 5.69 Å². The molecule has 0 bridgehead atoms. The highest BCUT2D eigenvalue weighted by Gasteiger charge is 2.46. The molecule has 2 aliphatic heterocycles. The number of carbonyl (C=O) groups is 1. The van der Waals surface area contributed by atoms with Gasteiger partial charge in [-0.05, 0) is 19.1 Å². The van der Waals surface area contributed by atoms with Gasteiger partial charge in [0.05, 0.1) is 12.7 Å². The summed E-state index contributed by atoms with van der Waals surface area (Å²) < 4.78 is 4.74. The lowest BCUT2D eigenvalue weighted by Gasteiger charge is -2.41. The number of fused-ring (bicyclic) bond motifs is 3. The topological polar surface area (TPSA) is 41.6 Å². The van der Waals surface area contributed by atoms with Crippen molar-refractivity contribution in [2.75, 3.05) is 19.1 Å². The van der Waals surface area contributed by atoms with Crippen LogP contribution in [0.3, 0.4) is 0 Å². The number of ether oxygens (including phenoxy) is 1. The summed E-state index contributed by atoms with van der Waals surface area (Å²) in [6.45, 7) is 2.13. The molecule has 2 heterocycles. The standard InChI is InChI=1S/C13H14N2O2/c1-13-10(7-14-13)9-5-4-8(12(16)17-3)6-11(9)15(13)2/h4-7,14H,1-3H3. The number of anilines is 1. The summed E-state index contributed by atoms with van der Waals surface area (Å²) in [5, 5.41) is 3.29. The number of nitrogens with one attached hydrogen (secondary N) is 1. The number of carbonyl (C=O) groups excluding carboxylic acids is 1. The summed E-state index contributed by atoms with van der Waals surface area (Å²) >= 11 is 0. The zero-order valence-electron chi connectivity index (χ0n) is 10.1. The Bertz CT molecular complexity index is 550. The molecule has 0 spiro atoms. The van der Waals surface area contributed by atoms with Gasteiger partial charge in [0.15, 0.2) is 0 Å². The second kappa shape index (κ2) is 3.03. The molecule has 0 fully saturated rings. The number of hydrogen-bond donors (Lipinski definition) is 1. The first-order valence-electron chi connectivity index (χ1n) is 5.53. The van der Waals surface area contributed by atoms with Crippen molar-refractivity contribution >= 4 is 17.2 Å². The summed E-state index contributed by atoms with van der Waals surface area (Å²) in [7, 11) is 3.42. The number of likely N-dealkylation sites (N-methyl/N-ethyl adjacent to an activating group) is 1. The predicted octanol–water partition coefficient (Wildman–Crippen LogP) is 1.58. The van der Waals surface area contributed by atoms with Crippen LogP contribution in [0.2, 0.25) is 0 Å². The minimum atomic E-state index is -0.299. The van der Waals surface area contributed by atoms with Gasteiger partial charge in [-0.1, -0.05) is 6.07 Å². The molecule has 1 unspecified atom stereocenters. The van der Waals surface area contributed by atoms with Gasteiger partial charge in [-0.2, -0.15) is 0 Å². The smallest absolute Gasteiger partial charge is 0.337 e. The molecule has 17 heavy (non-hydrogen) atoms. The van der Waals surface area contributed by atoms with Gasteiger partial charge >= 0.3 is 5.97 Å². The lowest BCUT2D eigenvalue weighted by atomic mass is 9.93. The molecule has 2 aliphatic rings. The van der Waals surface area contributed by atoms with Gasteiger partial charge in [0.1, 0.15) is 5.66 Å². The van der Waals surface area contributed by atoms with Gasteiger partial charge in [0, 0.05) is 30.1 Å². The quantitative estimate of drug-likeness (QED) is 0.744. The first kappa shape index (κ1) is 10.2. The number of benzene rings is 1. The van der Waals surface area contributed by atoms with Crippen molar-refractivity contribution in [1.29, 1.82) is 0 Å². The summed E-state index contributed by atoms with van der Waals surface area (Å²) in [5.74, 6) is -0.299. The van der Waals surface area contributed by atoms with E-state index in [4.69, 9.17) is 4.74 Å². The second-order valence-electron chi connectivity index (χ2n) is 4.56. The van der Waals surface area contributed by atoms with Crippen LogP contribution in [-0.2, 0) is 4.74 Å². The molecule has 1 atom stereocenters. The van der Waals surface area contributed by atoms with Crippen LogP contribution in [-0.4, -0.2) is 25.8 Å². The maximum atomic E-state index is 11.5. The summed E-state index contributed by atoms with van der Waals surface area (Å²) in [5.41, 5.74) is 3.97. The fourth-order valence-corrected chi connectivity index (χ4v) is 2.49. The average molecular weight is 230 g/mol. The van der Waals surface area contributed by atoms with Crippen LogP contribution in [0.4, 0.5) is 5.69 Å². The van der Waals surface area contributed by atoms with Crippen molar-refractivity contribution in [2.45, 2.75) is 12.6 Å². The number of hydrogen-bond acceptors (Lipinski definition) is 4. The maximum absolute atomic E-state index is 11.5. The Morgan fingerprint density at radius 3 is 2.82 bits per heavy atom. The van der Waals surface area contributed by atoms with Crippen LogP contribution in [0.1, 0.15) is 22.8 Å². The normalized spacial score (nSPS) is 24.2. The van der Waals surface area contributed by atoms with Crippen molar-refractivity contribution in [3.8, 4) is 0 Å². The number of nitrogens with zero attached hydrogens (tertiary/aromatic N) is 1. The first-order valence-corrected chi connectivity index (χ1v) is 5.53. The van der Waals surface area contributed by atoms with Crippen LogP contribution in [0.5, 0.6) is 0 Å². The van der Waals surface area contributed by atoms with E-state index in [1.54, 1.807) is 0 Å². The highest BCUT2D eigenvalue weighted by molar-refractivity contribution is 5.98. The third-order valence-corrected chi connectivity index (χ3v) is 3.76. The molecule has 3 rings (SSSR count). The molecule has 0 amide bonds. The first-order chi connectivity index (χ1) is 8.08. The van der Waals surface area contributed by atoms with Crippen LogP contribution < -0.4 is 10.2 Å². The van der Waals surface area contributed by atoms with Gasteiger partial charge < -0.3 is 15.0 Å². The van der Waals surface area contributed by atoms with E-state index in [9.17, 15) is 4.79 Å². The van der Waals surface area contributed by atoms with E-state index in [-0.39, 0.29) is 11.6 Å². The van der Waals surface area contributed by atoms with Crippen LogP contribution in [0.25, 0.3) is 5.57 Å². The van der Waals surface area contributed by atoms with Crippen LogP contribution in [0, 0.1) is 0 Å². The van der Waals surface area contributed by atoms with Gasteiger partial charge in [-0.25, -0.2) is 4.79 Å². The second-order valence-corrected chi connectivity index (χ2v) is 4.56. The number of rotatable bonds is 1. The molecular formula is C13H14N2O2. The monoisotopic (exact) mass is 230 g/mol. The Morgan fingerprint density at radius 1 is 1.47 bits per heavy atom. The van der Waals surface area contributed by atoms with Crippen molar-refractivity contribution < 1.29 is 9.53 Å². The molecule has 1 aromatic rings. The fraction of sp³-hybridized carbons (Fsp3) is 0.308. The predicted molar refractivity (Wildman–Crippen MR) is 65.7 cm³/mol. The Balaban J connectivity index is 2.11. The highest BCUT2D eigenvalue weighted by atomic mass is 16.5. The van der Waals surface area contributed by atoms with Crippen molar-refractivity contribution in [3.63, 3.8) is 0 Å². The minimum Gasteiger partial charge on any atom is -0.465 e. The molecule has 1 aromatic carbocycles. The summed E-state index contributed by atoms with van der Waals surface area (Å²) in [6.07, 6.45) is 2.01. The van der Waals surface area contributed by atoms with E-state index in [1.807, 2.05) is 31.4 Å². The molecule has 1 N–H and O–H groups in total. The largest absolute Gasteiger partial charge is 0.465 e. The Kier molecular flexibility index (Phi) is 1.82. The molecule has 0 saturated carbocycles. The van der Waals surface area contributed by atoms with Gasteiger partial charge in [0.25, 0.3) is 0 Å². The maximum Gasteiger partial charge on any atom is 0.337 e. The van der Waals surface area contributed by atoms with Crippen LogP contribution in [0.15, 0.2) is 24.4 Å². The van der Waals surface area contributed by atoms with Crippen LogP contribution >= 0.6 is 0 Å². The molecule has 0 aliphatic carbocycles. The molecule has 0 saturated heterocycles. The third kappa shape index (κ3) is 1.10. The summed E-state index contributed by atoms with van der Waals surface area (Å²) in [4.78, 5) is 13.7. The van der Waals surface area contributed by atoms with Gasteiger partial charge in [0.2, 0.25) is 0 Å².